The van der Waals surface area contributed by atoms with Gasteiger partial charge in [-0.2, -0.15) is 0 Å². The second kappa shape index (κ2) is 5.94. The number of ketones is 1. The molecule has 0 fully saturated rings. The number of hydrogen-bond donors (Lipinski definition) is 0. The van der Waals surface area contributed by atoms with Crippen LogP contribution < -0.4 is 9.47 Å². The summed E-state index contributed by atoms with van der Waals surface area (Å²) in [6.45, 7) is 2.06. The van der Waals surface area contributed by atoms with Crippen molar-refractivity contribution in [3.8, 4) is 11.5 Å². The van der Waals surface area contributed by atoms with Gasteiger partial charge < -0.3 is 14.2 Å². The number of carbonyl (C=O) groups is 2. The van der Waals surface area contributed by atoms with Gasteiger partial charge in [0.15, 0.2) is 17.3 Å². The third kappa shape index (κ3) is 2.48. The highest BCUT2D eigenvalue weighted by Crippen LogP contribution is 2.39. The Morgan fingerprint density at radius 2 is 2.00 bits per heavy atom. The molecule has 0 radical (unpaired) electrons. The van der Waals surface area contributed by atoms with Gasteiger partial charge in [-0.05, 0) is 25.5 Å². The van der Waals surface area contributed by atoms with Crippen molar-refractivity contribution in [2.75, 3.05) is 20.8 Å². The molecule has 0 unspecified atom stereocenters. The average Bonchev–Trinajstić information content (AvgIpc) is 2.46. The molecule has 0 aromatic heterocycles. The van der Waals surface area contributed by atoms with E-state index < -0.39 is 5.92 Å². The Morgan fingerprint density at radius 1 is 1.25 bits per heavy atom. The molecular formula is C15H18O5. The number of esters is 1. The van der Waals surface area contributed by atoms with Crippen molar-refractivity contribution in [3.63, 3.8) is 0 Å². The maximum absolute atomic E-state index is 12.2. The molecule has 1 aliphatic carbocycles. The third-order valence-electron chi connectivity index (χ3n) is 3.45. The summed E-state index contributed by atoms with van der Waals surface area (Å²) in [5.41, 5.74) is 1.32. The molecule has 0 saturated carbocycles. The highest BCUT2D eigenvalue weighted by molar-refractivity contribution is 6.02. The summed E-state index contributed by atoms with van der Waals surface area (Å²) in [6.07, 6.45) is 0.613. The predicted octanol–water partition coefficient (Wildman–Crippen LogP) is 2.01. The molecule has 1 atom stereocenters. The summed E-state index contributed by atoms with van der Waals surface area (Å²) >= 11 is 0. The Bertz CT molecular complexity index is 535. The van der Waals surface area contributed by atoms with Gasteiger partial charge in [0.05, 0.1) is 26.7 Å². The first kappa shape index (κ1) is 14.4. The van der Waals surface area contributed by atoms with Crippen molar-refractivity contribution in [2.45, 2.75) is 19.8 Å². The fourth-order valence-electron chi connectivity index (χ4n) is 2.53. The zero-order valence-corrected chi connectivity index (χ0v) is 11.9. The Hall–Kier alpha value is -2.04. The van der Waals surface area contributed by atoms with Crippen molar-refractivity contribution in [3.05, 3.63) is 23.3 Å². The van der Waals surface area contributed by atoms with Crippen LogP contribution in [-0.2, 0) is 16.0 Å². The van der Waals surface area contributed by atoms with Crippen LogP contribution in [0.15, 0.2) is 12.1 Å². The van der Waals surface area contributed by atoms with Crippen molar-refractivity contribution in [1.82, 2.24) is 0 Å². The van der Waals surface area contributed by atoms with Crippen LogP contribution in [0.4, 0.5) is 0 Å². The summed E-state index contributed by atoms with van der Waals surface area (Å²) in [5.74, 6) is 0.230. The molecule has 0 heterocycles. The lowest BCUT2D eigenvalue weighted by Crippen LogP contribution is -2.28. The Morgan fingerprint density at radius 3 is 2.60 bits per heavy atom. The van der Waals surface area contributed by atoms with Gasteiger partial charge in [0.2, 0.25) is 0 Å². The molecule has 0 bridgehead atoms. The molecule has 0 amide bonds. The monoisotopic (exact) mass is 278 g/mol. The quantitative estimate of drug-likeness (QED) is 0.788. The SMILES string of the molecule is CCOC(=O)[C@@H]1CC(=O)c2ccc(OC)c(OC)c2C1. The standard InChI is InChI=1S/C15H18O5/c1-4-20-15(17)9-7-11-10(12(16)8-9)5-6-13(18-2)14(11)19-3/h5-6,9H,4,7-8H2,1-3H3/t9-/m0/s1. The predicted molar refractivity (Wildman–Crippen MR) is 72.3 cm³/mol. The Balaban J connectivity index is 2.41. The van der Waals surface area contributed by atoms with Crippen LogP contribution >= 0.6 is 0 Å². The third-order valence-corrected chi connectivity index (χ3v) is 3.45. The molecule has 1 aliphatic rings. The number of fused-ring (bicyclic) bond motifs is 1. The van der Waals surface area contributed by atoms with Crippen molar-refractivity contribution in [1.29, 1.82) is 0 Å². The average molecular weight is 278 g/mol. The van der Waals surface area contributed by atoms with Crippen molar-refractivity contribution in [2.24, 2.45) is 5.92 Å². The van der Waals surface area contributed by atoms with E-state index in [9.17, 15) is 9.59 Å². The van der Waals surface area contributed by atoms with Gasteiger partial charge in [0.1, 0.15) is 0 Å². The van der Waals surface area contributed by atoms with E-state index in [0.717, 1.165) is 5.56 Å². The summed E-state index contributed by atoms with van der Waals surface area (Å²) in [5, 5.41) is 0. The van der Waals surface area contributed by atoms with Gasteiger partial charge in [-0.3, -0.25) is 9.59 Å². The molecule has 0 N–H and O–H groups in total. The number of ether oxygens (including phenoxy) is 3. The summed E-state index contributed by atoms with van der Waals surface area (Å²) in [4.78, 5) is 24.0. The Kier molecular flexibility index (Phi) is 4.27. The summed E-state index contributed by atoms with van der Waals surface area (Å²) in [7, 11) is 3.06. The van der Waals surface area contributed by atoms with E-state index in [-0.39, 0.29) is 18.2 Å². The van der Waals surface area contributed by atoms with Crippen LogP contribution in [0.2, 0.25) is 0 Å². The minimum Gasteiger partial charge on any atom is -0.493 e. The molecule has 1 aromatic rings. The first-order chi connectivity index (χ1) is 9.62. The van der Waals surface area contributed by atoms with Crippen LogP contribution in [0.25, 0.3) is 0 Å². The van der Waals surface area contributed by atoms with Gasteiger partial charge in [0, 0.05) is 17.5 Å². The molecule has 108 valence electrons. The molecule has 2 rings (SSSR count). The van der Waals surface area contributed by atoms with Crippen LogP contribution in [0, 0.1) is 5.92 Å². The van der Waals surface area contributed by atoms with E-state index in [0.29, 0.717) is 30.1 Å². The van der Waals surface area contributed by atoms with E-state index in [1.807, 2.05) is 0 Å². The fourth-order valence-corrected chi connectivity index (χ4v) is 2.53. The first-order valence-corrected chi connectivity index (χ1v) is 6.56. The van der Waals surface area contributed by atoms with Crippen LogP contribution in [0.5, 0.6) is 11.5 Å². The molecular weight excluding hydrogens is 260 g/mol. The van der Waals surface area contributed by atoms with Gasteiger partial charge >= 0.3 is 5.97 Å². The number of Topliss-reactive ketones (excluding diaryl/α,β-unsaturated/α-hetero) is 1. The second-order valence-corrected chi connectivity index (χ2v) is 4.61. The molecule has 1 aromatic carbocycles. The lowest BCUT2D eigenvalue weighted by atomic mass is 9.82. The topological polar surface area (TPSA) is 61.8 Å². The number of benzene rings is 1. The van der Waals surface area contributed by atoms with Gasteiger partial charge in [0.25, 0.3) is 0 Å². The number of rotatable bonds is 4. The minimum absolute atomic E-state index is 0.0646. The van der Waals surface area contributed by atoms with Crippen molar-refractivity contribution < 1.29 is 23.8 Å². The highest BCUT2D eigenvalue weighted by Gasteiger charge is 2.33. The van der Waals surface area contributed by atoms with E-state index in [1.54, 1.807) is 19.1 Å². The van der Waals surface area contributed by atoms with Crippen molar-refractivity contribution >= 4 is 11.8 Å². The normalized spacial score (nSPS) is 17.4. The van der Waals surface area contributed by atoms with Crippen LogP contribution in [-0.4, -0.2) is 32.6 Å². The summed E-state index contributed by atoms with van der Waals surface area (Å²) < 4.78 is 15.6. The fraction of sp³-hybridized carbons (Fsp3) is 0.467. The van der Waals surface area contributed by atoms with Crippen LogP contribution in [0.3, 0.4) is 0 Å². The zero-order chi connectivity index (χ0) is 14.7. The molecule has 5 heteroatoms. The highest BCUT2D eigenvalue weighted by atomic mass is 16.5. The largest absolute Gasteiger partial charge is 0.493 e. The molecule has 0 spiro atoms. The lowest BCUT2D eigenvalue weighted by molar-refractivity contribution is -0.148. The van der Waals surface area contributed by atoms with E-state index >= 15 is 0 Å². The van der Waals surface area contributed by atoms with Crippen LogP contribution in [0.1, 0.15) is 29.3 Å². The van der Waals surface area contributed by atoms with E-state index in [2.05, 4.69) is 0 Å². The maximum Gasteiger partial charge on any atom is 0.309 e. The van der Waals surface area contributed by atoms with E-state index in [4.69, 9.17) is 14.2 Å². The number of methoxy groups -OCH3 is 2. The zero-order valence-electron chi connectivity index (χ0n) is 11.9. The number of hydrogen-bond acceptors (Lipinski definition) is 5. The molecule has 0 aliphatic heterocycles. The number of carbonyl (C=O) groups excluding carboxylic acids is 2. The second-order valence-electron chi connectivity index (χ2n) is 4.61. The smallest absolute Gasteiger partial charge is 0.309 e. The first-order valence-electron chi connectivity index (χ1n) is 6.56. The van der Waals surface area contributed by atoms with E-state index in [1.165, 1.54) is 14.2 Å². The molecule has 20 heavy (non-hydrogen) atoms. The summed E-state index contributed by atoms with van der Waals surface area (Å²) in [6, 6.07) is 3.43. The van der Waals surface area contributed by atoms with Gasteiger partial charge in [-0.1, -0.05) is 0 Å². The Labute approximate surface area is 117 Å². The lowest BCUT2D eigenvalue weighted by Gasteiger charge is -2.24. The van der Waals surface area contributed by atoms with Gasteiger partial charge in [-0.15, -0.1) is 0 Å². The maximum atomic E-state index is 12.2. The molecule has 0 saturated heterocycles. The molecule has 5 nitrogen and oxygen atoms in total. The van der Waals surface area contributed by atoms with Gasteiger partial charge in [-0.25, -0.2) is 0 Å². The minimum atomic E-state index is -0.448.